The molecule has 0 radical (unpaired) electrons. The van der Waals surface area contributed by atoms with Crippen molar-refractivity contribution >= 4 is 189 Å². The second kappa shape index (κ2) is 46.7. The molecule has 3 N–H and O–H groups in total. The number of piperazine rings is 4. The predicted octanol–water partition coefficient (Wildman–Crippen LogP) is 26.5. The monoisotopic (exact) mass is 1990 g/mol. The van der Waals surface area contributed by atoms with Crippen molar-refractivity contribution in [1.82, 2.24) is 20.0 Å². The number of hydrogen-bond acceptors (Lipinski definition) is 12. The molecular formula is C96H85BrCl12F4N8O4. The van der Waals surface area contributed by atoms with Gasteiger partial charge in [0.25, 0.3) is 0 Å². The average Bonchev–Trinajstić information content (AvgIpc) is 0.818. The maximum atomic E-state index is 13.6. The topological polar surface area (TPSA) is 109 Å². The summed E-state index contributed by atoms with van der Waals surface area (Å²) < 4.78 is 53.1. The number of rotatable bonds is 19. The van der Waals surface area contributed by atoms with E-state index in [-0.39, 0.29) is 65.1 Å². The third-order valence-electron chi connectivity index (χ3n) is 21.6. The second-order valence-electron chi connectivity index (χ2n) is 30.0. The van der Waals surface area contributed by atoms with Gasteiger partial charge in [-0.25, -0.2) is 17.6 Å². The largest absolute Gasteiger partial charge is 0.387 e. The number of anilines is 4. The number of β-amino-alcohol motifs (C(OH)–C–C–N with tert-alkyl or cyclic N) is 2. The zero-order valence-corrected chi connectivity index (χ0v) is 77.6. The molecule has 0 aliphatic carbocycles. The normalized spacial score (nSPS) is 17.3. The Kier molecular flexibility index (Phi) is 36.2. The summed E-state index contributed by atoms with van der Waals surface area (Å²) in [6.07, 6.45) is -1.54. The van der Waals surface area contributed by atoms with Crippen LogP contribution in [0.5, 0.6) is 0 Å². The van der Waals surface area contributed by atoms with Gasteiger partial charge >= 0.3 is 0 Å². The van der Waals surface area contributed by atoms with Crippen LogP contribution >= 0.6 is 155 Å². The number of benzene rings is 12. The summed E-state index contributed by atoms with van der Waals surface area (Å²) in [5, 5.41) is 32.6. The van der Waals surface area contributed by atoms with Gasteiger partial charge in [0, 0.05) is 143 Å². The lowest BCUT2D eigenvalue weighted by Gasteiger charge is -2.44. The van der Waals surface area contributed by atoms with Crippen molar-refractivity contribution in [3.63, 3.8) is 0 Å². The van der Waals surface area contributed by atoms with Gasteiger partial charge in [-0.15, -0.1) is 0 Å². The third kappa shape index (κ3) is 27.4. The first-order chi connectivity index (χ1) is 60.1. The van der Waals surface area contributed by atoms with Crippen LogP contribution in [0, 0.1) is 23.3 Å². The van der Waals surface area contributed by atoms with E-state index in [9.17, 15) is 37.4 Å². The molecule has 29 heteroatoms. The van der Waals surface area contributed by atoms with Gasteiger partial charge in [0.2, 0.25) is 0 Å². The highest BCUT2D eigenvalue weighted by atomic mass is 79.9. The third-order valence-corrected chi connectivity index (χ3v) is 25.3. The first-order valence-electron chi connectivity index (χ1n) is 39.9. The zero-order chi connectivity index (χ0) is 89.0. The Balaban J connectivity index is 0.000000147. The number of nitrogens with zero attached hydrogens (tertiary/aromatic N) is 7. The van der Waals surface area contributed by atoms with Gasteiger partial charge in [-0.05, 0) is 203 Å². The molecule has 12 nitrogen and oxygen atoms in total. The molecule has 4 fully saturated rings. The van der Waals surface area contributed by atoms with Gasteiger partial charge in [-0.3, -0.25) is 24.3 Å². The molecule has 0 bridgehead atoms. The summed E-state index contributed by atoms with van der Waals surface area (Å²) in [5.41, 5.74) is 10.2. The number of alkyl halides is 1. The number of aliphatic hydroxyl groups is 2. The molecule has 0 saturated carbocycles. The van der Waals surface area contributed by atoms with Crippen molar-refractivity contribution in [3.8, 4) is 0 Å². The Bertz CT molecular complexity index is 5450. The van der Waals surface area contributed by atoms with Gasteiger partial charge in [-0.2, -0.15) is 0 Å². The van der Waals surface area contributed by atoms with E-state index in [0.717, 1.165) is 77.2 Å². The molecular weight excluding hydrogens is 1910 g/mol. The Morgan fingerprint density at radius 2 is 0.624 bits per heavy atom. The van der Waals surface area contributed by atoms with Crippen LogP contribution in [-0.2, 0) is 0 Å². The standard InChI is InChI=1S/2C24H22Cl3FN2O.C24H20Cl3FN2O.C16H15Cl3N2.C8H6BrFO/c3*25-18-6-4-16(5-7-18)23-14-29(15-24(31)17-2-1-3-20(28)12-17)10-11-30(23)22-9-8-19(26)13-21(22)27;17-12-3-1-11(2-4-12)16-10-20-7-8-21(16)15-6-5-13(18)9-14(15)19;9-5-8(11)6-2-1-3-7(10)4-6/h2*1-9,12-13,23-24,31H,10-11,14-15H2;1-9,12-13,23H,10-11,14-15H2;1-6,9,16,20H,7-8,10H2;1-4H,5H2/t23-,24+;23-,24-;23-;16-;/m0000./s1. The first-order valence-corrected chi connectivity index (χ1v) is 45.5. The van der Waals surface area contributed by atoms with E-state index in [1.54, 1.807) is 66.7 Å². The number of halogens is 17. The van der Waals surface area contributed by atoms with E-state index >= 15 is 0 Å². The Morgan fingerprint density at radius 3 is 0.944 bits per heavy atom. The minimum Gasteiger partial charge on any atom is -0.387 e. The average molecular weight is 2000 g/mol. The molecule has 0 aromatic heterocycles. The summed E-state index contributed by atoms with van der Waals surface area (Å²) in [4.78, 5) is 39.2. The van der Waals surface area contributed by atoms with E-state index in [2.05, 4.69) is 67.7 Å². The highest BCUT2D eigenvalue weighted by Gasteiger charge is 2.35. The van der Waals surface area contributed by atoms with Crippen molar-refractivity contribution in [2.75, 3.05) is 123 Å². The molecule has 12 aromatic carbocycles. The molecule has 12 aromatic rings. The smallest absolute Gasteiger partial charge is 0.176 e. The van der Waals surface area contributed by atoms with Crippen LogP contribution in [0.25, 0.3) is 0 Å². The number of hydrogen-bond donors (Lipinski definition) is 3. The number of carbonyl (C=O) groups excluding carboxylic acids is 2. The minimum atomic E-state index is -0.771. The second-order valence-corrected chi connectivity index (χ2v) is 35.7. The maximum absolute atomic E-state index is 13.6. The molecule has 125 heavy (non-hydrogen) atoms. The molecule has 0 unspecified atom stereocenters. The van der Waals surface area contributed by atoms with E-state index < -0.39 is 18.0 Å². The number of nitrogens with one attached hydrogen (secondary N) is 1. The lowest BCUT2D eigenvalue weighted by molar-refractivity contribution is 0.0913. The van der Waals surface area contributed by atoms with Crippen LogP contribution in [-0.4, -0.2) is 140 Å². The SMILES string of the molecule is Clc1ccc([C@@H]2CNCCN2c2ccc(Cl)cc2Cl)cc1.O=C(CBr)c1cccc(F)c1.O=C(CN1CCN(c2ccc(Cl)cc2Cl)[C@H](c2ccc(Cl)cc2)C1)c1cccc(F)c1.O[C@@H](CN1CCN(c2ccc(Cl)cc2Cl)[C@H](c2ccc(Cl)cc2)C1)c1cccc(F)c1.O[C@H](CN1CCN(c2ccc(Cl)cc2Cl)[C@H](c2ccc(Cl)cc2)C1)c1cccc(F)c1. The molecule has 0 spiro atoms. The van der Waals surface area contributed by atoms with Crippen molar-refractivity contribution in [1.29, 1.82) is 0 Å². The first kappa shape index (κ1) is 96.7. The lowest BCUT2D eigenvalue weighted by Crippen LogP contribution is -2.50. The quantitative estimate of drug-likeness (QED) is 0.0407. The van der Waals surface area contributed by atoms with Gasteiger partial charge in [0.15, 0.2) is 11.6 Å². The summed E-state index contributed by atoms with van der Waals surface area (Å²) >= 11 is 77.5. The Labute approximate surface area is 794 Å². The molecule has 4 heterocycles. The van der Waals surface area contributed by atoms with Crippen molar-refractivity contribution in [2.24, 2.45) is 0 Å². The van der Waals surface area contributed by atoms with Crippen molar-refractivity contribution in [2.45, 2.75) is 36.4 Å². The lowest BCUT2D eigenvalue weighted by atomic mass is 10.00. The summed E-state index contributed by atoms with van der Waals surface area (Å²) in [5.74, 6) is -1.70. The number of Topliss-reactive ketones (excluding diaryl/α,β-unsaturated/α-hetero) is 2. The molecule has 652 valence electrons. The van der Waals surface area contributed by atoms with Crippen LogP contribution in [0.1, 0.15) is 90.5 Å². The van der Waals surface area contributed by atoms with Gasteiger partial charge in [0.1, 0.15) is 23.3 Å². The number of aliphatic hydroxyl groups excluding tert-OH is 2. The predicted molar refractivity (Wildman–Crippen MR) is 512 cm³/mol. The fourth-order valence-corrected chi connectivity index (χ4v) is 18.3. The fraction of sp³-hybridized carbons (Fsp3) is 0.229. The van der Waals surface area contributed by atoms with Crippen LogP contribution in [0.2, 0.25) is 60.3 Å². The van der Waals surface area contributed by atoms with Gasteiger partial charge in [-0.1, -0.05) is 252 Å². The molecule has 4 aliphatic rings. The van der Waals surface area contributed by atoms with E-state index in [1.807, 2.05) is 133 Å². The highest BCUT2D eigenvalue weighted by molar-refractivity contribution is 9.09. The molecule has 4 aliphatic heterocycles. The maximum Gasteiger partial charge on any atom is 0.176 e. The summed E-state index contributed by atoms with van der Waals surface area (Å²) in [6, 6.07) is 77.3. The molecule has 16 rings (SSSR count). The zero-order valence-electron chi connectivity index (χ0n) is 66.9. The number of ketones is 2. The van der Waals surface area contributed by atoms with Crippen molar-refractivity contribution < 1.29 is 37.4 Å². The highest BCUT2D eigenvalue weighted by Crippen LogP contribution is 2.43. The Hall–Kier alpha value is -7.38. The van der Waals surface area contributed by atoms with Crippen molar-refractivity contribution in [3.05, 3.63) is 395 Å². The van der Waals surface area contributed by atoms with Crippen LogP contribution in [0.4, 0.5) is 40.3 Å². The molecule has 4 saturated heterocycles. The van der Waals surface area contributed by atoms with Crippen LogP contribution in [0.15, 0.2) is 267 Å². The molecule has 6 atom stereocenters. The minimum absolute atomic E-state index is 0.00408. The van der Waals surface area contributed by atoms with E-state index in [0.29, 0.717) is 136 Å². The summed E-state index contributed by atoms with van der Waals surface area (Å²) in [7, 11) is 0. The van der Waals surface area contributed by atoms with Gasteiger partial charge < -0.3 is 35.1 Å². The van der Waals surface area contributed by atoms with Crippen LogP contribution < -0.4 is 24.9 Å². The van der Waals surface area contributed by atoms with Gasteiger partial charge in [0.05, 0.1) is 91.1 Å². The Morgan fingerprint density at radius 1 is 0.336 bits per heavy atom. The molecule has 0 amide bonds. The van der Waals surface area contributed by atoms with E-state index in [4.69, 9.17) is 139 Å². The van der Waals surface area contributed by atoms with Crippen LogP contribution in [0.3, 0.4) is 0 Å². The number of carbonyl (C=O) groups is 2. The van der Waals surface area contributed by atoms with E-state index in [1.165, 1.54) is 60.2 Å². The summed E-state index contributed by atoms with van der Waals surface area (Å²) in [6.45, 7) is 9.94. The fourth-order valence-electron chi connectivity index (χ4n) is 15.4.